The summed E-state index contributed by atoms with van der Waals surface area (Å²) in [5.74, 6) is 0.525. The molecule has 0 aliphatic rings. The quantitative estimate of drug-likeness (QED) is 0.177. The van der Waals surface area contributed by atoms with Crippen LogP contribution in [0.3, 0.4) is 0 Å². The third kappa shape index (κ3) is 10.3. The van der Waals surface area contributed by atoms with E-state index in [-0.39, 0.29) is 5.91 Å². The second-order valence-corrected chi connectivity index (χ2v) is 9.46. The molecule has 0 spiro atoms. The smallest absolute Gasteiger partial charge is 0.222 e. The number of nitrogen functional groups attached to an aromatic ring is 1. The van der Waals surface area contributed by atoms with E-state index in [0.717, 1.165) is 59.9 Å². The maximum absolute atomic E-state index is 12.2. The van der Waals surface area contributed by atoms with Gasteiger partial charge in [-0.3, -0.25) is 4.79 Å². The standard InChI is InChI=1S/C30H46N4O6/c1-3-14-37-16-18-39-20-21-40-19-17-38-15-11-28(35)32-12-7-8-13-34-24(23-36-4-2)22-26-29(34)25-9-5-6-10-27(25)33-30(26)31/h5-6,9-10,22H,3-4,7-8,11-21,23H2,1-2H3,(H2,31,33)(H,32,35). The fourth-order valence-electron chi connectivity index (χ4n) is 4.41. The van der Waals surface area contributed by atoms with E-state index in [1.807, 2.05) is 25.1 Å². The summed E-state index contributed by atoms with van der Waals surface area (Å²) in [6, 6.07) is 10.2. The molecule has 10 nitrogen and oxygen atoms in total. The number of aromatic nitrogens is 2. The Hall–Kier alpha value is -2.76. The Balaban J connectivity index is 1.31. The van der Waals surface area contributed by atoms with Crippen LogP contribution in [0.25, 0.3) is 21.8 Å². The first kappa shape index (κ1) is 31.8. The summed E-state index contributed by atoms with van der Waals surface area (Å²) in [4.78, 5) is 16.8. The molecule has 0 radical (unpaired) electrons. The average molecular weight is 559 g/mol. The normalized spacial score (nSPS) is 11.6. The molecule has 222 valence electrons. The third-order valence-electron chi connectivity index (χ3n) is 6.38. The number of hydrogen-bond donors (Lipinski definition) is 2. The molecular weight excluding hydrogens is 512 g/mol. The van der Waals surface area contributed by atoms with E-state index in [1.54, 1.807) is 0 Å². The van der Waals surface area contributed by atoms with Gasteiger partial charge < -0.3 is 39.3 Å². The minimum absolute atomic E-state index is 0.00657. The molecule has 0 atom stereocenters. The zero-order chi connectivity index (χ0) is 28.4. The van der Waals surface area contributed by atoms with Crippen LogP contribution >= 0.6 is 0 Å². The Morgan fingerprint density at radius 3 is 2.25 bits per heavy atom. The molecule has 0 aliphatic heterocycles. The van der Waals surface area contributed by atoms with Gasteiger partial charge in [-0.2, -0.15) is 0 Å². The number of benzene rings is 1. The first-order chi connectivity index (χ1) is 19.7. The molecule has 0 aliphatic carbocycles. The summed E-state index contributed by atoms with van der Waals surface area (Å²) < 4.78 is 29.8. The van der Waals surface area contributed by atoms with E-state index < -0.39 is 0 Å². The Bertz CT molecular complexity index is 1150. The molecule has 1 aromatic carbocycles. The van der Waals surface area contributed by atoms with E-state index in [1.165, 1.54) is 0 Å². The van der Waals surface area contributed by atoms with Crippen molar-refractivity contribution in [3.05, 3.63) is 36.0 Å². The maximum Gasteiger partial charge on any atom is 0.222 e. The molecule has 0 fully saturated rings. The highest BCUT2D eigenvalue weighted by atomic mass is 16.6. The molecule has 3 rings (SSSR count). The second-order valence-electron chi connectivity index (χ2n) is 9.46. The number of fused-ring (bicyclic) bond motifs is 3. The van der Waals surface area contributed by atoms with Crippen LogP contribution in [0.5, 0.6) is 0 Å². The molecule has 0 unspecified atom stereocenters. The Morgan fingerprint density at radius 1 is 0.875 bits per heavy atom. The van der Waals surface area contributed by atoms with Gasteiger partial charge in [-0.1, -0.05) is 25.1 Å². The highest BCUT2D eigenvalue weighted by Crippen LogP contribution is 2.31. The minimum Gasteiger partial charge on any atom is -0.383 e. The number of para-hydroxylation sites is 1. The number of anilines is 1. The summed E-state index contributed by atoms with van der Waals surface area (Å²) in [5, 5.41) is 5.02. The summed E-state index contributed by atoms with van der Waals surface area (Å²) in [7, 11) is 0. The SMILES string of the molecule is CCCOCCOCCOCCOCCC(=O)NCCCCn1c(COCC)cc2c(N)nc3ccccc3c21. The molecule has 0 bridgehead atoms. The highest BCUT2D eigenvalue weighted by molar-refractivity contribution is 6.08. The van der Waals surface area contributed by atoms with Crippen LogP contribution in [0.4, 0.5) is 5.82 Å². The first-order valence-electron chi connectivity index (χ1n) is 14.5. The van der Waals surface area contributed by atoms with Gasteiger partial charge in [0.1, 0.15) is 5.82 Å². The number of amides is 1. The lowest BCUT2D eigenvalue weighted by atomic mass is 10.1. The molecule has 10 heteroatoms. The number of nitrogens with zero attached hydrogens (tertiary/aromatic N) is 2. The van der Waals surface area contributed by atoms with Crippen molar-refractivity contribution in [3.63, 3.8) is 0 Å². The van der Waals surface area contributed by atoms with Crippen molar-refractivity contribution >= 4 is 33.5 Å². The van der Waals surface area contributed by atoms with E-state index in [0.29, 0.717) is 78.2 Å². The summed E-state index contributed by atoms with van der Waals surface area (Å²) in [6.07, 6.45) is 3.11. The van der Waals surface area contributed by atoms with Crippen molar-refractivity contribution in [2.45, 2.75) is 52.7 Å². The molecule has 2 heterocycles. The van der Waals surface area contributed by atoms with Gasteiger partial charge in [0.2, 0.25) is 5.91 Å². The van der Waals surface area contributed by atoms with Gasteiger partial charge in [0.25, 0.3) is 0 Å². The van der Waals surface area contributed by atoms with Crippen LogP contribution in [-0.4, -0.2) is 81.5 Å². The van der Waals surface area contributed by atoms with Gasteiger partial charge in [0.15, 0.2) is 0 Å². The Kier molecular flexibility index (Phi) is 14.7. The molecule has 3 aromatic rings. The van der Waals surface area contributed by atoms with E-state index >= 15 is 0 Å². The Labute approximate surface area is 237 Å². The van der Waals surface area contributed by atoms with Gasteiger partial charge in [0, 0.05) is 49.2 Å². The molecule has 0 saturated carbocycles. The van der Waals surface area contributed by atoms with Crippen LogP contribution < -0.4 is 11.1 Å². The van der Waals surface area contributed by atoms with Gasteiger partial charge in [0.05, 0.1) is 63.9 Å². The number of rotatable bonds is 22. The van der Waals surface area contributed by atoms with Crippen LogP contribution in [0, 0.1) is 0 Å². The minimum atomic E-state index is -0.00657. The number of carbonyl (C=O) groups is 1. The van der Waals surface area contributed by atoms with Gasteiger partial charge in [-0.15, -0.1) is 0 Å². The molecular formula is C30H46N4O6. The average Bonchev–Trinajstić information content (AvgIpc) is 3.33. The molecule has 2 aromatic heterocycles. The number of unbranched alkanes of at least 4 members (excludes halogenated alkanes) is 1. The largest absolute Gasteiger partial charge is 0.383 e. The summed E-state index contributed by atoms with van der Waals surface area (Å²) in [6.45, 7) is 11.0. The number of pyridine rings is 1. The van der Waals surface area contributed by atoms with Crippen molar-refractivity contribution in [2.75, 3.05) is 71.7 Å². The predicted molar refractivity (Wildman–Crippen MR) is 157 cm³/mol. The van der Waals surface area contributed by atoms with Crippen molar-refractivity contribution in [2.24, 2.45) is 0 Å². The fourth-order valence-corrected chi connectivity index (χ4v) is 4.41. The van der Waals surface area contributed by atoms with E-state index in [4.69, 9.17) is 29.4 Å². The van der Waals surface area contributed by atoms with Crippen molar-refractivity contribution in [1.82, 2.24) is 14.9 Å². The second kappa shape index (κ2) is 18.6. The van der Waals surface area contributed by atoms with Crippen molar-refractivity contribution < 1.29 is 28.5 Å². The lowest BCUT2D eigenvalue weighted by Gasteiger charge is -2.13. The lowest BCUT2D eigenvalue weighted by molar-refractivity contribution is -0.122. The van der Waals surface area contributed by atoms with Crippen LogP contribution in [0.1, 0.15) is 45.2 Å². The fraction of sp³-hybridized carbons (Fsp3) is 0.600. The van der Waals surface area contributed by atoms with Gasteiger partial charge in [-0.25, -0.2) is 4.98 Å². The number of carbonyl (C=O) groups excluding carboxylic acids is 1. The molecule has 1 amide bonds. The molecule has 3 N–H and O–H groups in total. The predicted octanol–water partition coefficient (Wildman–Crippen LogP) is 4.07. The number of aryl methyl sites for hydroxylation is 1. The number of ether oxygens (including phenoxy) is 5. The zero-order valence-corrected chi connectivity index (χ0v) is 24.1. The molecule has 40 heavy (non-hydrogen) atoms. The zero-order valence-electron chi connectivity index (χ0n) is 24.1. The number of nitrogens with one attached hydrogen (secondary N) is 1. The van der Waals surface area contributed by atoms with Crippen molar-refractivity contribution in [3.8, 4) is 0 Å². The van der Waals surface area contributed by atoms with Crippen molar-refractivity contribution in [1.29, 1.82) is 0 Å². The monoisotopic (exact) mass is 558 g/mol. The van der Waals surface area contributed by atoms with E-state index in [2.05, 4.69) is 33.9 Å². The van der Waals surface area contributed by atoms with E-state index in [9.17, 15) is 4.79 Å². The van der Waals surface area contributed by atoms with Gasteiger partial charge >= 0.3 is 0 Å². The highest BCUT2D eigenvalue weighted by Gasteiger charge is 2.15. The summed E-state index contributed by atoms with van der Waals surface area (Å²) in [5.41, 5.74) is 9.37. The topological polar surface area (TPSA) is 119 Å². The van der Waals surface area contributed by atoms with Crippen LogP contribution in [0.15, 0.2) is 30.3 Å². The molecule has 0 saturated heterocycles. The lowest BCUT2D eigenvalue weighted by Crippen LogP contribution is -2.26. The van der Waals surface area contributed by atoms with Crippen LogP contribution in [-0.2, 0) is 41.6 Å². The number of nitrogens with two attached hydrogens (primary N) is 1. The first-order valence-corrected chi connectivity index (χ1v) is 14.5. The Morgan fingerprint density at radius 2 is 1.55 bits per heavy atom. The summed E-state index contributed by atoms with van der Waals surface area (Å²) >= 11 is 0. The van der Waals surface area contributed by atoms with Gasteiger partial charge in [-0.05, 0) is 38.3 Å². The maximum atomic E-state index is 12.2. The van der Waals surface area contributed by atoms with Crippen LogP contribution in [0.2, 0.25) is 0 Å². The number of hydrogen-bond acceptors (Lipinski definition) is 8. The third-order valence-corrected chi connectivity index (χ3v) is 6.38.